The lowest BCUT2D eigenvalue weighted by molar-refractivity contribution is 0.341. The van der Waals surface area contributed by atoms with Crippen LogP contribution in [0.2, 0.25) is 0 Å². The van der Waals surface area contributed by atoms with E-state index >= 15 is 0 Å². The number of furan rings is 2. The summed E-state index contributed by atoms with van der Waals surface area (Å²) in [4.78, 5) is 6.89. The van der Waals surface area contributed by atoms with Gasteiger partial charge in [-0.3, -0.25) is 0 Å². The summed E-state index contributed by atoms with van der Waals surface area (Å²) in [5, 5.41) is 13.0. The zero-order valence-electron chi connectivity index (χ0n) is 77.2. The van der Waals surface area contributed by atoms with Crippen LogP contribution < -0.4 is 9.80 Å². The third-order valence-electron chi connectivity index (χ3n) is 22.9. The van der Waals surface area contributed by atoms with Crippen LogP contribution >= 0.6 is 11.3 Å². The fraction of sp³-hybridized carbons (Fsp3) is 0.463. The Hall–Kier alpha value is -8.72. The van der Waals surface area contributed by atoms with Crippen molar-refractivity contribution in [2.24, 2.45) is 0 Å². The average molecular weight is 1580 g/mol. The Morgan fingerprint density at radius 2 is 0.698 bits per heavy atom. The van der Waals surface area contributed by atoms with Gasteiger partial charge in [-0.2, -0.15) is 0 Å². The van der Waals surface area contributed by atoms with Gasteiger partial charge < -0.3 is 32.3 Å². The van der Waals surface area contributed by atoms with Crippen molar-refractivity contribution in [1.82, 2.24) is 13.7 Å². The van der Waals surface area contributed by atoms with Crippen LogP contribution in [-0.4, -0.2) is 36.9 Å². The highest BCUT2D eigenvalue weighted by atomic mass is 32.1. The second-order valence-electron chi connectivity index (χ2n) is 35.0. The Morgan fingerprint density at radius 3 is 1.21 bits per heavy atom. The summed E-state index contributed by atoms with van der Waals surface area (Å²) in [6.07, 6.45) is 16.5. The van der Waals surface area contributed by atoms with Gasteiger partial charge in [-0.25, -0.2) is 0 Å². The van der Waals surface area contributed by atoms with Crippen LogP contribution in [0.1, 0.15) is 299 Å². The van der Waals surface area contributed by atoms with Crippen molar-refractivity contribution in [3.63, 3.8) is 0 Å². The number of rotatable bonds is 0. The van der Waals surface area contributed by atoms with Gasteiger partial charge in [0.2, 0.25) is 5.71 Å². The van der Waals surface area contributed by atoms with E-state index in [1.165, 1.54) is 168 Å². The van der Waals surface area contributed by atoms with Crippen molar-refractivity contribution >= 4 is 131 Å². The number of nitrogens with zero attached hydrogens (tertiary/aromatic N) is 5. The van der Waals surface area contributed by atoms with Gasteiger partial charge in [-0.1, -0.05) is 250 Å². The fourth-order valence-corrected chi connectivity index (χ4v) is 20.4. The van der Waals surface area contributed by atoms with Gasteiger partial charge in [-0.15, -0.1) is 11.3 Å². The van der Waals surface area contributed by atoms with E-state index in [2.05, 4.69) is 297 Å². The van der Waals surface area contributed by atoms with Gasteiger partial charge in [0.05, 0.1) is 27.5 Å². The number of anilines is 2. The highest BCUT2D eigenvalue weighted by Gasteiger charge is 2.46. The molecule has 15 aromatic rings. The van der Waals surface area contributed by atoms with Crippen molar-refractivity contribution in [2.45, 2.75) is 329 Å². The molecule has 0 radical (unpaired) electrons. The van der Waals surface area contributed by atoms with E-state index in [0.29, 0.717) is 6.04 Å². The zero-order valence-corrected chi connectivity index (χ0v) is 78.0. The molecule has 0 N–H and O–H groups in total. The molecular weight excluding hydrogens is 1430 g/mol. The molecule has 7 nitrogen and oxygen atoms in total. The maximum absolute atomic E-state index is 6.16. The zero-order chi connectivity index (χ0) is 84.9. The summed E-state index contributed by atoms with van der Waals surface area (Å²) in [5.41, 5.74) is 19.1. The first-order valence-electron chi connectivity index (χ1n) is 45.3. The van der Waals surface area contributed by atoms with E-state index in [4.69, 9.17) is 8.83 Å². The van der Waals surface area contributed by atoms with Crippen LogP contribution in [0.25, 0.3) is 108 Å². The molecule has 2 saturated carbocycles. The summed E-state index contributed by atoms with van der Waals surface area (Å²) in [7, 11) is 0. The molecule has 5 aliphatic rings. The molecule has 2 aliphatic heterocycles. The number of aryl methyl sites for hydroxylation is 2. The lowest BCUT2D eigenvalue weighted by Gasteiger charge is -2.42. The largest absolute Gasteiger partial charge is 0.454 e. The molecule has 0 spiro atoms. The lowest BCUT2D eigenvalue weighted by atomic mass is 9.80. The summed E-state index contributed by atoms with van der Waals surface area (Å²) >= 11 is 1.90. The van der Waals surface area contributed by atoms with Gasteiger partial charge in [0.15, 0.2) is 5.58 Å². The monoisotopic (exact) mass is 1580 g/mol. The Kier molecular flexibility index (Phi) is 30.8. The van der Waals surface area contributed by atoms with Crippen molar-refractivity contribution in [2.75, 3.05) is 9.80 Å². The van der Waals surface area contributed by atoms with Crippen molar-refractivity contribution in [1.29, 1.82) is 0 Å². The van der Waals surface area contributed by atoms with Crippen LogP contribution in [-0.2, 0) is 29.5 Å². The van der Waals surface area contributed by atoms with Gasteiger partial charge in [0.1, 0.15) is 16.0 Å². The summed E-state index contributed by atoms with van der Waals surface area (Å²) in [5.74, 6) is 1.55. The normalized spacial score (nSPS) is 16.6. The number of benzene rings is 9. The molecule has 8 heteroatoms. The maximum Gasteiger partial charge on any atom is 0.209 e. The number of aromatic nitrogens is 3. The second-order valence-corrected chi connectivity index (χ2v) is 36.1. The van der Waals surface area contributed by atoms with E-state index in [0.717, 1.165) is 40.3 Å². The molecule has 9 aromatic carbocycles. The van der Waals surface area contributed by atoms with E-state index in [1.54, 1.807) is 27.9 Å². The molecule has 0 bridgehead atoms. The highest BCUT2D eigenvalue weighted by molar-refractivity contribution is 7.25. The van der Waals surface area contributed by atoms with Crippen LogP contribution in [0.5, 0.6) is 0 Å². The van der Waals surface area contributed by atoms with Crippen LogP contribution in [0.3, 0.4) is 0 Å². The van der Waals surface area contributed by atoms with Crippen LogP contribution in [0, 0.1) is 0 Å². The van der Waals surface area contributed by atoms with Gasteiger partial charge >= 0.3 is 0 Å². The average Bonchev–Trinajstić information content (AvgIpc) is 1.57. The lowest BCUT2D eigenvalue weighted by Crippen LogP contribution is -2.48. The first-order valence-corrected chi connectivity index (χ1v) is 46.1. The number of hydrogen-bond acceptors (Lipinski definition) is 5. The molecule has 116 heavy (non-hydrogen) atoms. The van der Waals surface area contributed by atoms with Gasteiger partial charge in [0, 0.05) is 105 Å². The molecule has 6 aromatic heterocycles. The van der Waals surface area contributed by atoms with Crippen molar-refractivity contribution < 1.29 is 8.83 Å². The van der Waals surface area contributed by atoms with Crippen LogP contribution in [0.4, 0.5) is 11.4 Å². The Labute approximate surface area is 704 Å². The van der Waals surface area contributed by atoms with E-state index < -0.39 is 0 Å². The molecule has 0 amide bonds. The van der Waals surface area contributed by atoms with E-state index in [1.807, 2.05) is 133 Å². The molecule has 2 fully saturated rings. The number of thiophene rings is 1. The van der Waals surface area contributed by atoms with Crippen molar-refractivity contribution in [3.05, 3.63) is 216 Å². The molecule has 20 rings (SSSR count). The number of hydrogen-bond donors (Lipinski definition) is 0. The minimum Gasteiger partial charge on any atom is -0.454 e. The predicted molar refractivity (Wildman–Crippen MR) is 519 cm³/mol. The molecule has 3 aliphatic carbocycles. The van der Waals surface area contributed by atoms with Crippen molar-refractivity contribution in [3.8, 4) is 0 Å². The molecule has 4 atom stereocenters. The highest BCUT2D eigenvalue weighted by Crippen LogP contribution is 2.54. The molecule has 0 saturated heterocycles. The topological polar surface area (TPSA) is 47.5 Å². The quantitative estimate of drug-likeness (QED) is 0.152. The van der Waals surface area contributed by atoms with Crippen LogP contribution in [0.15, 0.2) is 203 Å². The Balaban J connectivity index is 0.000000159. The smallest absolute Gasteiger partial charge is 0.209 e. The Morgan fingerprint density at radius 1 is 0.319 bits per heavy atom. The molecule has 4 unspecified atom stereocenters. The van der Waals surface area contributed by atoms with Gasteiger partial charge in [-0.05, 0) is 255 Å². The first kappa shape index (κ1) is 91.2. The molecular formula is C108H147N5O2S. The second kappa shape index (κ2) is 39.2. The van der Waals surface area contributed by atoms with Gasteiger partial charge in [0.25, 0.3) is 0 Å². The predicted octanol–water partition coefficient (Wildman–Crippen LogP) is 34.2. The SMILES string of the molecule is CC.CC.CC.CC.CC.CC.CC.CC(C)(C)N1c2cc3c(cc2C2CCCCC21)CCCC3.CC(C)(C)N1c2cc3ccccc3cc2C2CCCCC21.CC(C)(C)n1c2ccccc2c2c3ccccc3oc21.CC(C)(C)n1c2ccccc2c2c3ccccc3sc21.CC(C)(C)n1c2ccccc2c2oc3ccccc3c21. The summed E-state index contributed by atoms with van der Waals surface area (Å²) in [6, 6.07) is 71.4. The maximum atomic E-state index is 6.16. The number of para-hydroxylation sites is 5. The molecule has 8 heterocycles. The Bertz CT molecular complexity index is 5460. The minimum atomic E-state index is -0.0186. The minimum absolute atomic E-state index is 0.00793. The molecule has 622 valence electrons. The van der Waals surface area contributed by atoms with E-state index in [-0.39, 0.29) is 27.7 Å². The fourth-order valence-electron chi connectivity index (χ4n) is 19.0. The standard InChI is InChI=1S/C20H29N.C20H25N.2C18H17NO.C18H17NS.7C2H6/c2*1-20(2,3)21-18-11-7-6-10-16(18)17-12-14-8-4-5-9-15(14)13-19(17)21;1-18(2,3)19-14-10-6-4-8-12(14)17-16(19)13-9-5-7-11-15(13)20-17;2*1-18(2,3)19-14-10-6-4-8-12(14)16-13-9-5-7-11-15(13)20-17(16)19;7*1-2/h12-13,16,18H,4-11H2,1-3H3;4-5,8-9,12-13,16,18H,6-7,10-11H2,1-3H3;3*4-11H,1-3H3;7*1-2H3. The number of fused-ring (bicyclic) bond motifs is 23. The summed E-state index contributed by atoms with van der Waals surface area (Å²) < 4.78 is 20.8. The summed E-state index contributed by atoms with van der Waals surface area (Å²) in [6.45, 7) is 62.5. The third kappa shape index (κ3) is 18.1. The third-order valence-corrected chi connectivity index (χ3v) is 24.0. The first-order chi connectivity index (χ1) is 55.8. The van der Waals surface area contributed by atoms with E-state index in [9.17, 15) is 0 Å².